The molecule has 2 rings (SSSR count). The summed E-state index contributed by atoms with van der Waals surface area (Å²) in [6.45, 7) is 2.15. The Labute approximate surface area is 91.7 Å². The van der Waals surface area contributed by atoms with E-state index in [1.54, 1.807) is 0 Å². The first-order valence-corrected chi connectivity index (χ1v) is 5.65. The summed E-state index contributed by atoms with van der Waals surface area (Å²) in [6.07, 6.45) is 2.70. The third kappa shape index (κ3) is 1.41. The normalized spacial score (nSPS) is 14.8. The van der Waals surface area contributed by atoms with Gasteiger partial charge in [0.05, 0.1) is 0 Å². The molecule has 0 aromatic heterocycles. The highest BCUT2D eigenvalue weighted by Crippen LogP contribution is 2.28. The van der Waals surface area contributed by atoms with Gasteiger partial charge in [0.25, 0.3) is 0 Å². The number of hydrogen-bond donors (Lipinski definition) is 0. The van der Waals surface area contributed by atoms with Gasteiger partial charge in [0.1, 0.15) is 0 Å². The van der Waals surface area contributed by atoms with Crippen molar-refractivity contribution in [2.75, 3.05) is 0 Å². The van der Waals surface area contributed by atoms with Crippen LogP contribution >= 0.6 is 22.6 Å². The van der Waals surface area contributed by atoms with Crippen LogP contribution in [0.2, 0.25) is 0 Å². The fraction of sp³-hybridized carbons (Fsp3) is 0.364. The molecule has 1 aliphatic carbocycles. The van der Waals surface area contributed by atoms with Gasteiger partial charge >= 0.3 is 0 Å². The number of carbonyl (C=O) groups is 1. The summed E-state index contributed by atoms with van der Waals surface area (Å²) in [7, 11) is 0. The number of carbonyl (C=O) groups excluding carboxylic acids is 1. The third-order valence-electron chi connectivity index (χ3n) is 2.63. The van der Waals surface area contributed by atoms with Gasteiger partial charge in [0.15, 0.2) is 5.78 Å². The average Bonchev–Trinajstić information content (AvgIpc) is 2.48. The highest BCUT2D eigenvalue weighted by Gasteiger charge is 2.22. The van der Waals surface area contributed by atoms with E-state index in [4.69, 9.17) is 0 Å². The summed E-state index contributed by atoms with van der Waals surface area (Å²) in [4.78, 5) is 11.4. The lowest BCUT2D eigenvalue weighted by Gasteiger charge is -2.07. The molecule has 1 aromatic carbocycles. The zero-order valence-electron chi connectivity index (χ0n) is 7.56. The van der Waals surface area contributed by atoms with E-state index in [1.807, 2.05) is 6.07 Å². The second kappa shape index (κ2) is 3.40. The SMILES string of the molecule is CCc1c(I)ccc2c1CCC2=O. The van der Waals surface area contributed by atoms with Crippen LogP contribution in [-0.4, -0.2) is 5.78 Å². The smallest absolute Gasteiger partial charge is 0.163 e. The number of halogens is 1. The van der Waals surface area contributed by atoms with E-state index in [2.05, 4.69) is 35.6 Å². The molecule has 0 unspecified atom stereocenters. The zero-order chi connectivity index (χ0) is 9.42. The Hall–Kier alpha value is -0.380. The van der Waals surface area contributed by atoms with Crippen LogP contribution in [0.25, 0.3) is 0 Å². The molecule has 0 saturated heterocycles. The van der Waals surface area contributed by atoms with Crippen LogP contribution in [0.4, 0.5) is 0 Å². The molecule has 0 bridgehead atoms. The first-order chi connectivity index (χ1) is 6.24. The molecule has 0 aliphatic heterocycles. The number of ketones is 1. The lowest BCUT2D eigenvalue weighted by atomic mass is 10.0. The number of benzene rings is 1. The van der Waals surface area contributed by atoms with E-state index >= 15 is 0 Å². The number of hydrogen-bond acceptors (Lipinski definition) is 1. The van der Waals surface area contributed by atoms with Gasteiger partial charge in [-0.1, -0.05) is 13.0 Å². The predicted molar refractivity (Wildman–Crippen MR) is 61.2 cm³/mol. The molecule has 0 radical (unpaired) electrons. The zero-order valence-corrected chi connectivity index (χ0v) is 9.72. The average molecular weight is 286 g/mol. The van der Waals surface area contributed by atoms with E-state index in [0.717, 1.165) is 18.4 Å². The Bertz CT molecular complexity index is 369. The topological polar surface area (TPSA) is 17.1 Å². The lowest BCUT2D eigenvalue weighted by Crippen LogP contribution is -1.97. The Kier molecular flexibility index (Phi) is 2.41. The van der Waals surface area contributed by atoms with Crippen LogP contribution in [0.3, 0.4) is 0 Å². The van der Waals surface area contributed by atoms with Crippen molar-refractivity contribution < 1.29 is 4.79 Å². The summed E-state index contributed by atoms with van der Waals surface area (Å²) in [5, 5.41) is 0. The minimum Gasteiger partial charge on any atom is -0.294 e. The molecule has 0 amide bonds. The maximum atomic E-state index is 11.4. The number of Topliss-reactive ketones (excluding diaryl/α,β-unsaturated/α-hetero) is 1. The van der Waals surface area contributed by atoms with Crippen molar-refractivity contribution in [3.63, 3.8) is 0 Å². The fourth-order valence-electron chi connectivity index (χ4n) is 1.97. The van der Waals surface area contributed by atoms with E-state index < -0.39 is 0 Å². The van der Waals surface area contributed by atoms with Crippen molar-refractivity contribution in [1.29, 1.82) is 0 Å². The van der Waals surface area contributed by atoms with Crippen LogP contribution in [0.1, 0.15) is 34.8 Å². The third-order valence-corrected chi connectivity index (χ3v) is 3.64. The van der Waals surface area contributed by atoms with E-state index in [9.17, 15) is 4.79 Å². The summed E-state index contributed by atoms with van der Waals surface area (Å²) in [5.74, 6) is 0.320. The lowest BCUT2D eigenvalue weighted by molar-refractivity contribution is 0.0994. The van der Waals surface area contributed by atoms with Gasteiger partial charge in [0, 0.05) is 15.6 Å². The van der Waals surface area contributed by atoms with Crippen LogP contribution in [0, 0.1) is 3.57 Å². The van der Waals surface area contributed by atoms with Gasteiger partial charge in [-0.25, -0.2) is 0 Å². The molecule has 2 heteroatoms. The van der Waals surface area contributed by atoms with Crippen LogP contribution in [0.5, 0.6) is 0 Å². The largest absolute Gasteiger partial charge is 0.294 e. The van der Waals surface area contributed by atoms with Gasteiger partial charge in [-0.05, 0) is 52.6 Å². The molecule has 0 atom stereocenters. The standard InChI is InChI=1S/C11H11IO/c1-2-7-8-4-6-11(13)9(8)3-5-10(7)12/h3,5H,2,4,6H2,1H3. The van der Waals surface area contributed by atoms with E-state index in [0.29, 0.717) is 12.2 Å². The predicted octanol–water partition coefficient (Wildman–Crippen LogP) is 2.98. The van der Waals surface area contributed by atoms with Crippen molar-refractivity contribution in [3.05, 3.63) is 32.4 Å². The fourth-order valence-corrected chi connectivity index (χ4v) is 2.85. The van der Waals surface area contributed by atoms with Crippen molar-refractivity contribution in [3.8, 4) is 0 Å². The number of rotatable bonds is 1. The highest BCUT2D eigenvalue weighted by molar-refractivity contribution is 14.1. The molecule has 13 heavy (non-hydrogen) atoms. The van der Waals surface area contributed by atoms with Crippen molar-refractivity contribution in [2.45, 2.75) is 26.2 Å². The Balaban J connectivity index is 2.64. The molecule has 0 N–H and O–H groups in total. The second-order valence-corrected chi connectivity index (χ2v) is 4.49. The van der Waals surface area contributed by atoms with Crippen molar-refractivity contribution in [1.82, 2.24) is 0 Å². The van der Waals surface area contributed by atoms with Gasteiger partial charge in [-0.3, -0.25) is 4.79 Å². The highest BCUT2D eigenvalue weighted by atomic mass is 127. The molecule has 0 heterocycles. The van der Waals surface area contributed by atoms with Crippen LogP contribution in [-0.2, 0) is 12.8 Å². The Morgan fingerprint density at radius 2 is 2.15 bits per heavy atom. The van der Waals surface area contributed by atoms with Gasteiger partial charge in [-0.15, -0.1) is 0 Å². The molecule has 1 aromatic rings. The van der Waals surface area contributed by atoms with Gasteiger partial charge < -0.3 is 0 Å². The quantitative estimate of drug-likeness (QED) is 0.725. The summed E-state index contributed by atoms with van der Waals surface area (Å²) < 4.78 is 1.30. The van der Waals surface area contributed by atoms with Crippen molar-refractivity contribution in [2.24, 2.45) is 0 Å². The number of fused-ring (bicyclic) bond motifs is 1. The Morgan fingerprint density at radius 1 is 1.38 bits per heavy atom. The van der Waals surface area contributed by atoms with Gasteiger partial charge in [-0.2, -0.15) is 0 Å². The molecule has 0 spiro atoms. The van der Waals surface area contributed by atoms with Crippen LogP contribution < -0.4 is 0 Å². The molecular formula is C11H11IO. The molecule has 1 nitrogen and oxygen atoms in total. The molecule has 0 saturated carbocycles. The van der Waals surface area contributed by atoms with Crippen LogP contribution in [0.15, 0.2) is 12.1 Å². The molecule has 68 valence electrons. The Morgan fingerprint density at radius 3 is 2.85 bits per heavy atom. The minimum absolute atomic E-state index is 0.320. The molecule has 0 fully saturated rings. The van der Waals surface area contributed by atoms with E-state index in [1.165, 1.54) is 14.7 Å². The first-order valence-electron chi connectivity index (χ1n) is 4.57. The second-order valence-electron chi connectivity index (χ2n) is 3.33. The maximum Gasteiger partial charge on any atom is 0.163 e. The van der Waals surface area contributed by atoms with Crippen molar-refractivity contribution >= 4 is 28.4 Å². The maximum absolute atomic E-state index is 11.4. The molecule has 1 aliphatic rings. The van der Waals surface area contributed by atoms with E-state index in [-0.39, 0.29) is 0 Å². The first kappa shape index (κ1) is 9.19. The van der Waals surface area contributed by atoms with Gasteiger partial charge in [0.2, 0.25) is 0 Å². The summed E-state index contributed by atoms with van der Waals surface area (Å²) in [6, 6.07) is 4.03. The minimum atomic E-state index is 0.320. The summed E-state index contributed by atoms with van der Waals surface area (Å²) in [5.41, 5.74) is 3.65. The molecular weight excluding hydrogens is 275 g/mol. The monoisotopic (exact) mass is 286 g/mol. The summed E-state index contributed by atoms with van der Waals surface area (Å²) >= 11 is 2.35.